The summed E-state index contributed by atoms with van der Waals surface area (Å²) in [5, 5.41) is 111. The lowest BCUT2D eigenvalue weighted by molar-refractivity contribution is -0.143. The van der Waals surface area contributed by atoms with Gasteiger partial charge >= 0.3 is 5.97 Å². The van der Waals surface area contributed by atoms with Crippen LogP contribution in [-0.4, -0.2) is 124 Å². The first-order chi connectivity index (χ1) is 36.8. The molecule has 0 aliphatic heterocycles. The zero-order chi connectivity index (χ0) is 57.5. The largest absolute Gasteiger partial charge is 0.508 e. The second-order valence-corrected chi connectivity index (χ2v) is 18.4. The van der Waals surface area contributed by atoms with Crippen LogP contribution in [0.1, 0.15) is 84.8 Å². The minimum atomic E-state index is -2.16. The fourth-order valence-corrected chi connectivity index (χ4v) is 8.00. The highest BCUT2D eigenvalue weighted by atomic mass is 16.4. The number of amides is 7. The molecule has 25 heteroatoms. The maximum Gasteiger partial charge on any atom is 0.330 e. The molecule has 5 aromatic carbocycles. The quantitative estimate of drug-likeness (QED) is 0.0374. The van der Waals surface area contributed by atoms with Gasteiger partial charge in [0.25, 0.3) is 0 Å². The SMILES string of the molecule is CNC(CC(C)C)C(=O)NC(C(=O)NC(CC(N)=O)C(=O)NC(C(=O)NC(C(=O)NC(C(=O)NC(C(=O)O)c1cc(O)cc(O)c1)C(O)c1ccc(O)cc1)c1ccc(O)cc1)c1ccc(O)cc1)C(O)c1ccc(O)cc1. The number of hydrogen-bond acceptors (Lipinski definition) is 17. The van der Waals surface area contributed by atoms with E-state index in [4.69, 9.17) is 5.73 Å². The third kappa shape index (κ3) is 16.3. The maximum absolute atomic E-state index is 14.7. The van der Waals surface area contributed by atoms with Gasteiger partial charge in [-0.25, -0.2) is 4.79 Å². The first-order valence-corrected chi connectivity index (χ1v) is 23.9. The Labute approximate surface area is 445 Å². The Kier molecular flexibility index (Phi) is 20.5. The number of nitrogens with two attached hydrogens (primary N) is 1. The minimum absolute atomic E-state index is 0.0163. The summed E-state index contributed by atoms with van der Waals surface area (Å²) in [5.74, 6) is -12.3. The first-order valence-electron chi connectivity index (χ1n) is 23.9. The van der Waals surface area contributed by atoms with Crippen LogP contribution < -0.4 is 43.0 Å². The van der Waals surface area contributed by atoms with Gasteiger partial charge < -0.3 is 88.9 Å². The molecule has 9 atom stereocenters. The van der Waals surface area contributed by atoms with Crippen molar-refractivity contribution in [3.05, 3.63) is 143 Å². The average Bonchev–Trinajstić information content (AvgIpc) is 3.38. The zero-order valence-corrected chi connectivity index (χ0v) is 42.0. The lowest BCUT2D eigenvalue weighted by atomic mass is 9.98. The van der Waals surface area contributed by atoms with Gasteiger partial charge in [-0.05, 0) is 108 Å². The predicted molar refractivity (Wildman–Crippen MR) is 274 cm³/mol. The minimum Gasteiger partial charge on any atom is -0.508 e. The van der Waals surface area contributed by atoms with Crippen LogP contribution in [0.4, 0.5) is 0 Å². The molecule has 0 fully saturated rings. The van der Waals surface area contributed by atoms with Crippen molar-refractivity contribution in [3.8, 4) is 34.5 Å². The van der Waals surface area contributed by atoms with Gasteiger partial charge in [-0.3, -0.25) is 33.6 Å². The van der Waals surface area contributed by atoms with Crippen LogP contribution >= 0.6 is 0 Å². The average molecular weight is 1080 g/mol. The number of benzene rings is 5. The molecular weight excluding hydrogens is 1020 g/mol. The van der Waals surface area contributed by atoms with Crippen molar-refractivity contribution in [2.45, 2.75) is 81.2 Å². The van der Waals surface area contributed by atoms with Gasteiger partial charge in [-0.15, -0.1) is 0 Å². The summed E-state index contributed by atoms with van der Waals surface area (Å²) in [6.45, 7) is 3.68. The molecule has 0 aromatic heterocycles. The van der Waals surface area contributed by atoms with Crippen molar-refractivity contribution >= 4 is 47.3 Å². The molecule has 5 aromatic rings. The summed E-state index contributed by atoms with van der Waals surface area (Å²) in [4.78, 5) is 111. The number of carbonyl (C=O) groups excluding carboxylic acids is 7. The van der Waals surface area contributed by atoms with E-state index in [-0.39, 0.29) is 63.2 Å². The molecule has 0 spiro atoms. The van der Waals surface area contributed by atoms with Gasteiger partial charge in [0.05, 0.1) is 12.5 Å². The molecule has 7 amide bonds. The number of aliphatic hydroxyl groups excluding tert-OH is 2. The number of rotatable bonds is 25. The Hall–Kier alpha value is -9.46. The summed E-state index contributed by atoms with van der Waals surface area (Å²) >= 11 is 0. The Morgan fingerprint density at radius 2 is 0.769 bits per heavy atom. The molecule has 9 unspecified atom stereocenters. The van der Waals surface area contributed by atoms with Crippen LogP contribution in [0.15, 0.2) is 115 Å². The number of likely N-dealkylation sites (N-methyl/N-ethyl adjacent to an activating group) is 1. The third-order valence-electron chi connectivity index (χ3n) is 12.0. The highest BCUT2D eigenvalue weighted by Gasteiger charge is 2.39. The highest BCUT2D eigenvalue weighted by Crippen LogP contribution is 2.29. The lowest BCUT2D eigenvalue weighted by Gasteiger charge is -2.30. The Bertz CT molecular complexity index is 2920. The van der Waals surface area contributed by atoms with Crippen LogP contribution in [-0.2, 0) is 38.4 Å². The third-order valence-corrected chi connectivity index (χ3v) is 12.0. The number of carbonyl (C=O) groups is 8. The van der Waals surface area contributed by atoms with E-state index in [1.165, 1.54) is 67.7 Å². The van der Waals surface area contributed by atoms with E-state index in [0.29, 0.717) is 0 Å². The Morgan fingerprint density at radius 3 is 1.15 bits per heavy atom. The van der Waals surface area contributed by atoms with Gasteiger partial charge in [0.15, 0.2) is 6.04 Å². The molecule has 0 aliphatic carbocycles. The molecule has 0 aliphatic rings. The number of aliphatic hydroxyl groups is 2. The van der Waals surface area contributed by atoms with E-state index in [1.54, 1.807) is 0 Å². The van der Waals surface area contributed by atoms with Crippen molar-refractivity contribution in [1.82, 2.24) is 37.2 Å². The van der Waals surface area contributed by atoms with Gasteiger partial charge in [0.1, 0.15) is 76.9 Å². The van der Waals surface area contributed by atoms with Gasteiger partial charge in [-0.1, -0.05) is 62.4 Å². The topological polar surface area (TPSA) is 429 Å². The van der Waals surface area contributed by atoms with E-state index in [9.17, 15) is 84.3 Å². The number of nitrogens with one attached hydrogen (secondary N) is 7. The molecule has 0 saturated carbocycles. The maximum atomic E-state index is 14.7. The number of phenolic OH excluding ortho intramolecular Hbond substituents is 6. The van der Waals surface area contributed by atoms with E-state index in [2.05, 4.69) is 37.2 Å². The predicted octanol–water partition coefficient (Wildman–Crippen LogP) is 0.308. The summed E-state index contributed by atoms with van der Waals surface area (Å²) in [6, 6.07) is 8.75. The summed E-state index contributed by atoms with van der Waals surface area (Å²) in [5.41, 5.74) is 4.91. The molecule has 78 heavy (non-hydrogen) atoms. The van der Waals surface area contributed by atoms with Gasteiger partial charge in [0, 0.05) is 6.07 Å². The van der Waals surface area contributed by atoms with Gasteiger partial charge in [0.2, 0.25) is 41.4 Å². The normalized spacial score (nSPS) is 14.6. The van der Waals surface area contributed by atoms with Gasteiger partial charge in [-0.2, -0.15) is 0 Å². The van der Waals surface area contributed by atoms with Crippen LogP contribution in [0.25, 0.3) is 0 Å². The number of hydrogen-bond donors (Lipinski definition) is 17. The van der Waals surface area contributed by atoms with Crippen molar-refractivity contribution in [3.63, 3.8) is 0 Å². The van der Waals surface area contributed by atoms with E-state index in [0.717, 1.165) is 54.6 Å². The van der Waals surface area contributed by atoms with Crippen molar-refractivity contribution < 1.29 is 84.3 Å². The lowest BCUT2D eigenvalue weighted by Crippen LogP contribution is -2.59. The van der Waals surface area contributed by atoms with E-state index in [1.807, 2.05) is 13.8 Å². The monoisotopic (exact) mass is 1080 g/mol. The summed E-state index contributed by atoms with van der Waals surface area (Å²) in [7, 11) is 1.50. The Morgan fingerprint density at radius 1 is 0.423 bits per heavy atom. The smallest absolute Gasteiger partial charge is 0.330 e. The number of primary amides is 1. The van der Waals surface area contributed by atoms with Crippen LogP contribution in [0.2, 0.25) is 0 Å². The molecule has 0 saturated heterocycles. The molecule has 0 bridgehead atoms. The zero-order valence-electron chi connectivity index (χ0n) is 42.0. The highest BCUT2D eigenvalue weighted by molar-refractivity contribution is 5.99. The molecule has 5 rings (SSSR count). The van der Waals surface area contributed by atoms with E-state index >= 15 is 0 Å². The molecule has 414 valence electrons. The molecule has 18 N–H and O–H groups in total. The van der Waals surface area contributed by atoms with E-state index < -0.39 is 120 Å². The standard InChI is InChI=1S/C53H60N8O17/c1-25(2)20-37(55-3)47(71)60-43(45(69)28-8-16-33(64)17-9-28)51(75)56-38(24-39(54)68)48(72)57-40(26-4-12-31(62)13-5-26)49(73)58-41(27-6-14-32(63)15-7-27)50(74)61-44(46(70)29-10-18-34(65)19-11-29)52(76)59-42(53(77)78)30-21-35(66)23-36(67)22-30/h4-19,21-23,25,37-38,40-46,55,62-67,69-70H,20,24H2,1-3H3,(H2,54,68)(H,56,75)(H,57,72)(H,58,73)(H,59,76)(H,60,71)(H,61,74)(H,77,78). The molecule has 0 radical (unpaired) electrons. The second-order valence-electron chi connectivity index (χ2n) is 18.4. The molecule has 0 heterocycles. The number of phenols is 6. The molecule has 25 nitrogen and oxygen atoms in total. The summed E-state index contributed by atoms with van der Waals surface area (Å²) < 4.78 is 0. The summed E-state index contributed by atoms with van der Waals surface area (Å²) in [6.07, 6.45) is -4.53. The Balaban J connectivity index is 1.52. The molecular formula is C53H60N8O17. The van der Waals surface area contributed by atoms with Crippen LogP contribution in [0.5, 0.6) is 34.5 Å². The van der Waals surface area contributed by atoms with Crippen LogP contribution in [0.3, 0.4) is 0 Å². The number of aliphatic carboxylic acids is 1. The van der Waals surface area contributed by atoms with Crippen LogP contribution in [0, 0.1) is 5.92 Å². The fourth-order valence-electron chi connectivity index (χ4n) is 8.00. The number of carboxylic acid groups (broad SMARTS) is 1. The van der Waals surface area contributed by atoms with Crippen molar-refractivity contribution in [2.24, 2.45) is 11.7 Å². The van der Waals surface area contributed by atoms with Crippen molar-refractivity contribution in [1.29, 1.82) is 0 Å². The van der Waals surface area contributed by atoms with Crippen molar-refractivity contribution in [2.75, 3.05) is 7.05 Å². The second kappa shape index (κ2) is 26.8. The fraction of sp³-hybridized carbons (Fsp3) is 0.283. The number of aromatic hydroxyl groups is 6. The number of carboxylic acids is 1. The first kappa shape index (κ1) is 59.4.